The Morgan fingerprint density at radius 2 is 1.84 bits per heavy atom. The lowest BCUT2D eigenvalue weighted by Gasteiger charge is -2.38. The van der Waals surface area contributed by atoms with Crippen molar-refractivity contribution in [3.8, 4) is 0 Å². The van der Waals surface area contributed by atoms with Gasteiger partial charge >= 0.3 is 5.97 Å². The van der Waals surface area contributed by atoms with Gasteiger partial charge in [0.1, 0.15) is 0 Å². The molecule has 1 heterocycles. The zero-order valence-electron chi connectivity index (χ0n) is 12.1. The van der Waals surface area contributed by atoms with Crippen LogP contribution in [0.25, 0.3) is 0 Å². The van der Waals surface area contributed by atoms with Crippen molar-refractivity contribution in [1.29, 1.82) is 0 Å². The lowest BCUT2D eigenvalue weighted by molar-refractivity contribution is -0.138. The molecule has 108 valence electrons. The van der Waals surface area contributed by atoms with Gasteiger partial charge in [0.2, 0.25) is 0 Å². The third-order valence-electron chi connectivity index (χ3n) is 4.23. The van der Waals surface area contributed by atoms with Crippen molar-refractivity contribution in [2.24, 2.45) is 0 Å². The fourth-order valence-corrected chi connectivity index (χ4v) is 3.12. The van der Waals surface area contributed by atoms with Gasteiger partial charge in [-0.15, -0.1) is 0 Å². The maximum absolute atomic E-state index is 11.5. The summed E-state index contributed by atoms with van der Waals surface area (Å²) in [7, 11) is 0. The summed E-state index contributed by atoms with van der Waals surface area (Å²) >= 11 is 0. The summed E-state index contributed by atoms with van der Waals surface area (Å²) in [4.78, 5) is 16.5. The smallest absolute Gasteiger partial charge is 0.334 e. The van der Waals surface area contributed by atoms with Crippen LogP contribution in [0.15, 0.2) is 12.2 Å². The number of rotatable bonds is 5. The van der Waals surface area contributed by atoms with Gasteiger partial charge in [0, 0.05) is 44.3 Å². The molecular weight excluding hydrogens is 240 g/mol. The largest absolute Gasteiger partial charge is 0.463 e. The molecule has 1 saturated heterocycles. The molecule has 2 aliphatic rings. The number of carbonyl (C=O) groups is 1. The summed E-state index contributed by atoms with van der Waals surface area (Å²) < 4.78 is 4.97. The van der Waals surface area contributed by atoms with Crippen LogP contribution in [0, 0.1) is 0 Å². The van der Waals surface area contributed by atoms with Gasteiger partial charge in [-0.1, -0.05) is 19.4 Å². The summed E-state index contributed by atoms with van der Waals surface area (Å²) in [5.41, 5.74) is 0.580. The molecule has 0 unspecified atom stereocenters. The highest BCUT2D eigenvalue weighted by Crippen LogP contribution is 2.24. The van der Waals surface area contributed by atoms with Crippen molar-refractivity contribution >= 4 is 5.97 Å². The van der Waals surface area contributed by atoms with Crippen LogP contribution in [-0.4, -0.2) is 61.1 Å². The number of piperazine rings is 1. The molecule has 0 amide bonds. The molecule has 0 aromatic rings. The average molecular weight is 266 g/mol. The molecule has 4 heteroatoms. The van der Waals surface area contributed by atoms with Gasteiger partial charge in [-0.05, 0) is 19.8 Å². The van der Waals surface area contributed by atoms with Crippen molar-refractivity contribution in [3.05, 3.63) is 12.2 Å². The highest BCUT2D eigenvalue weighted by Gasteiger charge is 2.26. The molecule has 1 aliphatic carbocycles. The van der Waals surface area contributed by atoms with E-state index in [1.807, 2.05) is 6.92 Å². The number of carbonyl (C=O) groups excluding carboxylic acids is 1. The van der Waals surface area contributed by atoms with E-state index in [2.05, 4.69) is 16.4 Å². The fraction of sp³-hybridized carbons (Fsp3) is 0.800. The lowest BCUT2D eigenvalue weighted by Crippen LogP contribution is -2.50. The van der Waals surface area contributed by atoms with Crippen LogP contribution in [0.1, 0.15) is 32.6 Å². The Morgan fingerprint density at radius 1 is 1.21 bits per heavy atom. The van der Waals surface area contributed by atoms with Gasteiger partial charge in [0.25, 0.3) is 0 Å². The molecule has 0 atom stereocenters. The van der Waals surface area contributed by atoms with Crippen molar-refractivity contribution in [3.63, 3.8) is 0 Å². The van der Waals surface area contributed by atoms with Crippen LogP contribution in [0.5, 0.6) is 0 Å². The molecule has 1 aliphatic heterocycles. The van der Waals surface area contributed by atoms with Gasteiger partial charge in [-0.2, -0.15) is 0 Å². The first-order chi connectivity index (χ1) is 9.20. The van der Waals surface area contributed by atoms with Gasteiger partial charge in [-0.3, -0.25) is 9.80 Å². The molecule has 0 spiro atoms. The van der Waals surface area contributed by atoms with E-state index >= 15 is 0 Å². The van der Waals surface area contributed by atoms with Crippen molar-refractivity contribution in [2.45, 2.75) is 38.6 Å². The zero-order chi connectivity index (χ0) is 13.7. The second kappa shape index (κ2) is 7.06. The van der Waals surface area contributed by atoms with Crippen LogP contribution >= 0.6 is 0 Å². The second-order valence-corrected chi connectivity index (χ2v) is 5.57. The normalized spacial score (nSPS) is 22.6. The molecule has 0 N–H and O–H groups in total. The Bertz CT molecular complexity index is 316. The third-order valence-corrected chi connectivity index (χ3v) is 4.23. The van der Waals surface area contributed by atoms with Crippen LogP contribution in [0.3, 0.4) is 0 Å². The van der Waals surface area contributed by atoms with Crippen molar-refractivity contribution < 1.29 is 9.53 Å². The van der Waals surface area contributed by atoms with Gasteiger partial charge in [0.15, 0.2) is 0 Å². The topological polar surface area (TPSA) is 32.8 Å². The third kappa shape index (κ3) is 4.05. The minimum Gasteiger partial charge on any atom is -0.463 e. The highest BCUT2D eigenvalue weighted by atomic mass is 16.5. The fourth-order valence-electron chi connectivity index (χ4n) is 3.12. The Morgan fingerprint density at radius 3 is 2.42 bits per heavy atom. The second-order valence-electron chi connectivity index (χ2n) is 5.57. The van der Waals surface area contributed by atoms with Crippen LogP contribution in [-0.2, 0) is 9.53 Å². The number of hydrogen-bond donors (Lipinski definition) is 0. The first kappa shape index (κ1) is 14.5. The number of esters is 1. The van der Waals surface area contributed by atoms with E-state index in [-0.39, 0.29) is 5.97 Å². The van der Waals surface area contributed by atoms with E-state index in [0.717, 1.165) is 32.2 Å². The van der Waals surface area contributed by atoms with Gasteiger partial charge in [0.05, 0.1) is 6.61 Å². The molecular formula is C15H26N2O2. The van der Waals surface area contributed by atoms with Crippen molar-refractivity contribution in [2.75, 3.05) is 39.3 Å². The average Bonchev–Trinajstić information content (AvgIpc) is 2.94. The van der Waals surface area contributed by atoms with E-state index < -0.39 is 0 Å². The summed E-state index contributed by atoms with van der Waals surface area (Å²) in [6.07, 6.45) is 5.53. The van der Waals surface area contributed by atoms with Crippen molar-refractivity contribution in [1.82, 2.24) is 9.80 Å². The summed E-state index contributed by atoms with van der Waals surface area (Å²) in [6, 6.07) is 0.815. The SMILES string of the molecule is C=C(CN1CCN(C2CCCC2)CC1)C(=O)OCC. The molecule has 0 bridgehead atoms. The van der Waals surface area contributed by atoms with E-state index in [9.17, 15) is 4.79 Å². The predicted octanol–water partition coefficient (Wildman–Crippen LogP) is 1.67. The van der Waals surface area contributed by atoms with Gasteiger partial charge < -0.3 is 4.74 Å². The number of nitrogens with zero attached hydrogens (tertiary/aromatic N) is 2. The van der Waals surface area contributed by atoms with Crippen LogP contribution in [0.2, 0.25) is 0 Å². The zero-order valence-corrected chi connectivity index (χ0v) is 12.1. The molecule has 0 aromatic carbocycles. The monoisotopic (exact) mass is 266 g/mol. The van der Waals surface area contributed by atoms with E-state index in [4.69, 9.17) is 4.74 Å². The highest BCUT2D eigenvalue weighted by molar-refractivity contribution is 5.88. The molecule has 2 rings (SSSR count). The maximum Gasteiger partial charge on any atom is 0.334 e. The molecule has 0 aromatic heterocycles. The number of hydrogen-bond acceptors (Lipinski definition) is 4. The Hall–Kier alpha value is -0.870. The molecule has 2 fully saturated rings. The predicted molar refractivity (Wildman–Crippen MR) is 76.0 cm³/mol. The summed E-state index contributed by atoms with van der Waals surface area (Å²) in [5.74, 6) is -0.249. The Kier molecular flexibility index (Phi) is 5.40. The summed E-state index contributed by atoms with van der Waals surface area (Å²) in [5, 5.41) is 0. The standard InChI is InChI=1S/C15H26N2O2/c1-3-19-15(18)13(2)12-16-8-10-17(11-9-16)14-6-4-5-7-14/h14H,2-12H2,1H3. The van der Waals surface area contributed by atoms with Crippen LogP contribution < -0.4 is 0 Å². The Labute approximate surface area is 116 Å². The quantitative estimate of drug-likeness (QED) is 0.560. The van der Waals surface area contributed by atoms with Crippen LogP contribution in [0.4, 0.5) is 0 Å². The minimum absolute atomic E-state index is 0.249. The molecule has 1 saturated carbocycles. The summed E-state index contributed by atoms with van der Waals surface area (Å²) in [6.45, 7) is 11.1. The lowest BCUT2D eigenvalue weighted by atomic mass is 10.1. The van der Waals surface area contributed by atoms with E-state index in [1.165, 1.54) is 25.7 Å². The molecule has 4 nitrogen and oxygen atoms in total. The minimum atomic E-state index is -0.249. The van der Waals surface area contributed by atoms with Gasteiger partial charge in [-0.25, -0.2) is 4.79 Å². The Balaban J connectivity index is 1.71. The first-order valence-electron chi connectivity index (χ1n) is 7.52. The maximum atomic E-state index is 11.5. The first-order valence-corrected chi connectivity index (χ1v) is 7.52. The van der Waals surface area contributed by atoms with E-state index in [1.54, 1.807) is 0 Å². The molecule has 19 heavy (non-hydrogen) atoms. The van der Waals surface area contributed by atoms with E-state index in [0.29, 0.717) is 18.7 Å². The molecule has 0 radical (unpaired) electrons. The number of ether oxygens (including phenoxy) is 1.